The first-order valence-corrected chi connectivity index (χ1v) is 4.03. The van der Waals surface area contributed by atoms with Crippen LogP contribution in [0.15, 0.2) is 12.4 Å². The highest BCUT2D eigenvalue weighted by Gasteiger charge is 2.04. The van der Waals surface area contributed by atoms with Gasteiger partial charge in [0, 0.05) is 11.8 Å². The topological polar surface area (TPSA) is 30.2 Å². The van der Waals surface area contributed by atoms with Gasteiger partial charge in [-0.1, -0.05) is 11.6 Å². The molecule has 0 atom stereocenters. The van der Waals surface area contributed by atoms with Crippen LogP contribution in [-0.2, 0) is 0 Å². The van der Waals surface area contributed by atoms with Gasteiger partial charge in [0.05, 0.1) is 16.9 Å². The maximum Gasteiger partial charge on any atom is 0.158 e. The number of halogens is 1. The van der Waals surface area contributed by atoms with Crippen LogP contribution in [0.25, 0.3) is 5.65 Å². The molecule has 0 fully saturated rings. The molecule has 3 nitrogen and oxygen atoms in total. The standard InChI is InChI=1S/C8H8ClN3/c1-5-6(2)11-12-4-7(9)3-10-8(5)12/h3-4H,1-2H3. The second-order valence-corrected chi connectivity index (χ2v) is 3.19. The van der Waals surface area contributed by atoms with E-state index in [2.05, 4.69) is 10.1 Å². The van der Waals surface area contributed by atoms with E-state index in [1.807, 2.05) is 13.8 Å². The Labute approximate surface area is 75.0 Å². The summed E-state index contributed by atoms with van der Waals surface area (Å²) >= 11 is 5.76. The molecule has 62 valence electrons. The van der Waals surface area contributed by atoms with Crippen LogP contribution in [0.2, 0.25) is 5.02 Å². The minimum atomic E-state index is 0.602. The maximum atomic E-state index is 5.76. The lowest BCUT2D eigenvalue weighted by atomic mass is 10.3. The Kier molecular flexibility index (Phi) is 1.54. The van der Waals surface area contributed by atoms with Crippen molar-refractivity contribution in [2.24, 2.45) is 0 Å². The maximum absolute atomic E-state index is 5.76. The van der Waals surface area contributed by atoms with Crippen LogP contribution in [0.5, 0.6) is 0 Å². The van der Waals surface area contributed by atoms with Gasteiger partial charge in [-0.15, -0.1) is 0 Å². The highest BCUT2D eigenvalue weighted by Crippen LogP contribution is 2.13. The van der Waals surface area contributed by atoms with Crippen LogP contribution < -0.4 is 0 Å². The summed E-state index contributed by atoms with van der Waals surface area (Å²) in [5.41, 5.74) is 2.97. The molecule has 0 saturated carbocycles. The number of hydrogen-bond donors (Lipinski definition) is 0. The summed E-state index contributed by atoms with van der Waals surface area (Å²) in [7, 11) is 0. The van der Waals surface area contributed by atoms with Crippen LogP contribution in [0.4, 0.5) is 0 Å². The predicted molar refractivity (Wildman–Crippen MR) is 47.5 cm³/mol. The normalized spacial score (nSPS) is 10.9. The van der Waals surface area contributed by atoms with Gasteiger partial charge in [-0.2, -0.15) is 5.10 Å². The molecule has 0 aromatic carbocycles. The van der Waals surface area contributed by atoms with Crippen molar-refractivity contribution in [2.75, 3.05) is 0 Å². The first kappa shape index (κ1) is 7.55. The zero-order chi connectivity index (χ0) is 8.72. The minimum Gasteiger partial charge on any atom is -0.235 e. The summed E-state index contributed by atoms with van der Waals surface area (Å²) in [4.78, 5) is 4.17. The van der Waals surface area contributed by atoms with Crippen molar-refractivity contribution in [3.63, 3.8) is 0 Å². The van der Waals surface area contributed by atoms with Gasteiger partial charge >= 0.3 is 0 Å². The Bertz CT molecular complexity index is 433. The van der Waals surface area contributed by atoms with Gasteiger partial charge in [0.2, 0.25) is 0 Å². The zero-order valence-corrected chi connectivity index (χ0v) is 7.63. The van der Waals surface area contributed by atoms with Crippen molar-refractivity contribution in [1.82, 2.24) is 14.6 Å². The summed E-state index contributed by atoms with van der Waals surface area (Å²) in [6, 6.07) is 0. The third-order valence-electron chi connectivity index (χ3n) is 1.91. The molecular formula is C8H8ClN3. The van der Waals surface area contributed by atoms with E-state index in [9.17, 15) is 0 Å². The number of aromatic nitrogens is 3. The van der Waals surface area contributed by atoms with E-state index < -0.39 is 0 Å². The average molecular weight is 182 g/mol. The van der Waals surface area contributed by atoms with E-state index >= 15 is 0 Å². The Morgan fingerprint density at radius 1 is 1.42 bits per heavy atom. The van der Waals surface area contributed by atoms with Crippen LogP contribution >= 0.6 is 11.6 Å². The summed E-state index contributed by atoms with van der Waals surface area (Å²) in [6.07, 6.45) is 3.38. The van der Waals surface area contributed by atoms with Gasteiger partial charge in [0.1, 0.15) is 0 Å². The molecule has 2 aromatic heterocycles. The summed E-state index contributed by atoms with van der Waals surface area (Å²) in [6.45, 7) is 3.95. The molecule has 0 aliphatic heterocycles. The molecule has 0 unspecified atom stereocenters. The lowest BCUT2D eigenvalue weighted by molar-refractivity contribution is 0.917. The summed E-state index contributed by atoms with van der Waals surface area (Å²) < 4.78 is 1.70. The molecule has 0 bridgehead atoms. The van der Waals surface area contributed by atoms with Crippen molar-refractivity contribution in [3.8, 4) is 0 Å². The monoisotopic (exact) mass is 181 g/mol. The molecule has 2 heterocycles. The molecule has 0 aliphatic rings. The highest BCUT2D eigenvalue weighted by molar-refractivity contribution is 6.30. The average Bonchev–Trinajstić information content (AvgIpc) is 2.28. The van der Waals surface area contributed by atoms with E-state index in [1.54, 1.807) is 16.9 Å². The largest absolute Gasteiger partial charge is 0.235 e. The van der Waals surface area contributed by atoms with Gasteiger partial charge in [-0.25, -0.2) is 9.50 Å². The van der Waals surface area contributed by atoms with Gasteiger partial charge in [-0.3, -0.25) is 0 Å². The molecular weight excluding hydrogens is 174 g/mol. The molecule has 0 aliphatic carbocycles. The molecule has 2 aromatic rings. The first-order valence-electron chi connectivity index (χ1n) is 3.65. The molecule has 0 spiro atoms. The SMILES string of the molecule is Cc1nn2cc(Cl)cnc2c1C. The fourth-order valence-electron chi connectivity index (χ4n) is 1.14. The van der Waals surface area contributed by atoms with Crippen LogP contribution in [-0.4, -0.2) is 14.6 Å². The van der Waals surface area contributed by atoms with E-state index in [1.165, 1.54) is 0 Å². The van der Waals surface area contributed by atoms with Crippen LogP contribution in [0, 0.1) is 13.8 Å². The Hall–Kier alpha value is -1.09. The van der Waals surface area contributed by atoms with Gasteiger partial charge in [0.15, 0.2) is 5.65 Å². The number of nitrogens with zero attached hydrogens (tertiary/aromatic N) is 3. The van der Waals surface area contributed by atoms with Gasteiger partial charge in [0.25, 0.3) is 0 Å². The lowest BCUT2D eigenvalue weighted by Gasteiger charge is -1.92. The molecule has 4 heteroatoms. The highest BCUT2D eigenvalue weighted by atomic mass is 35.5. The zero-order valence-electron chi connectivity index (χ0n) is 6.87. The number of rotatable bonds is 0. The van der Waals surface area contributed by atoms with Gasteiger partial charge in [-0.05, 0) is 13.8 Å². The van der Waals surface area contributed by atoms with E-state index in [0.29, 0.717) is 5.02 Å². The second-order valence-electron chi connectivity index (χ2n) is 2.75. The quantitative estimate of drug-likeness (QED) is 0.622. The van der Waals surface area contributed by atoms with Gasteiger partial charge < -0.3 is 0 Å². The smallest absolute Gasteiger partial charge is 0.158 e. The second kappa shape index (κ2) is 2.45. The number of hydrogen-bond acceptors (Lipinski definition) is 2. The van der Waals surface area contributed by atoms with Crippen molar-refractivity contribution >= 4 is 17.2 Å². The van der Waals surface area contributed by atoms with E-state index in [0.717, 1.165) is 16.9 Å². The molecule has 0 N–H and O–H groups in total. The Morgan fingerprint density at radius 2 is 2.17 bits per heavy atom. The molecule has 2 rings (SSSR count). The first-order chi connectivity index (χ1) is 5.68. The minimum absolute atomic E-state index is 0.602. The van der Waals surface area contributed by atoms with E-state index in [-0.39, 0.29) is 0 Å². The van der Waals surface area contributed by atoms with Crippen LogP contribution in [0.3, 0.4) is 0 Å². The number of fused-ring (bicyclic) bond motifs is 1. The van der Waals surface area contributed by atoms with Crippen LogP contribution in [0.1, 0.15) is 11.3 Å². The third kappa shape index (κ3) is 0.975. The predicted octanol–water partition coefficient (Wildman–Crippen LogP) is 2.00. The summed E-state index contributed by atoms with van der Waals surface area (Å²) in [5, 5.41) is 4.85. The lowest BCUT2D eigenvalue weighted by Crippen LogP contribution is -1.88. The van der Waals surface area contributed by atoms with Crippen molar-refractivity contribution in [1.29, 1.82) is 0 Å². The van der Waals surface area contributed by atoms with Crippen molar-refractivity contribution < 1.29 is 0 Å². The van der Waals surface area contributed by atoms with Crippen molar-refractivity contribution in [2.45, 2.75) is 13.8 Å². The third-order valence-corrected chi connectivity index (χ3v) is 2.10. The number of aryl methyl sites for hydroxylation is 2. The fraction of sp³-hybridized carbons (Fsp3) is 0.250. The summed E-state index contributed by atoms with van der Waals surface area (Å²) in [5.74, 6) is 0. The molecule has 0 radical (unpaired) electrons. The van der Waals surface area contributed by atoms with E-state index in [4.69, 9.17) is 11.6 Å². The Balaban J connectivity index is 2.87. The molecule has 0 saturated heterocycles. The van der Waals surface area contributed by atoms with Crippen molar-refractivity contribution in [3.05, 3.63) is 28.7 Å². The molecule has 0 amide bonds. The Morgan fingerprint density at radius 3 is 2.92 bits per heavy atom. The molecule has 12 heavy (non-hydrogen) atoms. The fourth-order valence-corrected chi connectivity index (χ4v) is 1.28.